The van der Waals surface area contributed by atoms with Crippen molar-refractivity contribution in [3.63, 3.8) is 0 Å². The van der Waals surface area contributed by atoms with Crippen molar-refractivity contribution in [2.24, 2.45) is 0 Å². The second-order valence-electron chi connectivity index (χ2n) is 6.85. The van der Waals surface area contributed by atoms with Gasteiger partial charge >= 0.3 is 0 Å². The molecule has 0 amide bonds. The van der Waals surface area contributed by atoms with Gasteiger partial charge in [0.2, 0.25) is 5.89 Å². The predicted molar refractivity (Wildman–Crippen MR) is 88.5 cm³/mol. The molecular weight excluding hydrogens is 310 g/mol. The summed E-state index contributed by atoms with van der Waals surface area (Å²) in [5, 5.41) is 0. The minimum atomic E-state index is -0.492. The van der Waals surface area contributed by atoms with E-state index in [1.807, 2.05) is 13.8 Å². The van der Waals surface area contributed by atoms with E-state index in [0.29, 0.717) is 18.5 Å². The van der Waals surface area contributed by atoms with E-state index in [9.17, 15) is 8.78 Å². The first-order valence-corrected chi connectivity index (χ1v) is 8.66. The van der Waals surface area contributed by atoms with Gasteiger partial charge in [0.15, 0.2) is 0 Å². The zero-order valence-corrected chi connectivity index (χ0v) is 14.3. The lowest BCUT2D eigenvalue weighted by Gasteiger charge is -2.28. The molecule has 1 aromatic carbocycles. The topological polar surface area (TPSA) is 29.3 Å². The number of oxazole rings is 1. The maximum atomic E-state index is 14.0. The lowest BCUT2D eigenvalue weighted by Crippen LogP contribution is -2.33. The fourth-order valence-corrected chi connectivity index (χ4v) is 3.31. The van der Waals surface area contributed by atoms with Crippen molar-refractivity contribution in [1.29, 1.82) is 0 Å². The normalized spacial score (nSPS) is 15.8. The van der Waals surface area contributed by atoms with Gasteiger partial charge in [-0.3, -0.25) is 4.90 Å². The molecule has 1 saturated carbocycles. The van der Waals surface area contributed by atoms with Crippen molar-refractivity contribution in [3.8, 4) is 0 Å². The minimum absolute atomic E-state index is 0.125. The maximum Gasteiger partial charge on any atom is 0.208 e. The van der Waals surface area contributed by atoms with Crippen LogP contribution in [0.5, 0.6) is 0 Å². The smallest absolute Gasteiger partial charge is 0.208 e. The Morgan fingerprint density at radius 2 is 1.83 bits per heavy atom. The van der Waals surface area contributed by atoms with Gasteiger partial charge in [0.05, 0.1) is 12.7 Å². The van der Waals surface area contributed by atoms with E-state index < -0.39 is 11.6 Å². The average molecular weight is 334 g/mol. The number of rotatable bonds is 6. The summed E-state index contributed by atoms with van der Waals surface area (Å²) in [6, 6.07) is 4.34. The number of hydrogen-bond donors (Lipinski definition) is 0. The van der Waals surface area contributed by atoms with Crippen LogP contribution in [0.4, 0.5) is 8.78 Å². The van der Waals surface area contributed by atoms with E-state index in [2.05, 4.69) is 9.88 Å². The van der Waals surface area contributed by atoms with E-state index in [4.69, 9.17) is 4.42 Å². The van der Waals surface area contributed by atoms with Gasteiger partial charge in [0, 0.05) is 24.1 Å². The monoisotopic (exact) mass is 334 g/mol. The van der Waals surface area contributed by atoms with E-state index in [1.54, 1.807) is 6.20 Å². The van der Waals surface area contributed by atoms with Crippen LogP contribution >= 0.6 is 0 Å². The highest BCUT2D eigenvalue weighted by molar-refractivity contribution is 5.19. The molecule has 0 N–H and O–H groups in total. The van der Waals surface area contributed by atoms with Gasteiger partial charge in [-0.1, -0.05) is 32.8 Å². The summed E-state index contributed by atoms with van der Waals surface area (Å²) in [4.78, 5) is 6.44. The third-order valence-electron chi connectivity index (χ3n) is 4.74. The third kappa shape index (κ3) is 3.83. The molecule has 1 heterocycles. The molecule has 0 bridgehead atoms. The molecule has 2 aromatic rings. The average Bonchev–Trinajstić information content (AvgIpc) is 3.21. The quantitative estimate of drug-likeness (QED) is 0.743. The zero-order chi connectivity index (χ0) is 17.1. The molecule has 24 heavy (non-hydrogen) atoms. The van der Waals surface area contributed by atoms with Gasteiger partial charge in [0.1, 0.15) is 17.4 Å². The van der Waals surface area contributed by atoms with Gasteiger partial charge in [0.25, 0.3) is 0 Å². The first kappa shape index (κ1) is 17.1. The SMILES string of the molecule is CC(C)c1cnc(CN(Cc2c(F)cccc2F)C2CCCC2)o1. The summed E-state index contributed by atoms with van der Waals surface area (Å²) in [5.41, 5.74) is 0.125. The summed E-state index contributed by atoms with van der Waals surface area (Å²) >= 11 is 0. The Morgan fingerprint density at radius 3 is 2.42 bits per heavy atom. The number of aromatic nitrogens is 1. The molecule has 0 aliphatic heterocycles. The molecule has 5 heteroatoms. The van der Waals surface area contributed by atoms with Crippen LogP contribution in [-0.2, 0) is 13.1 Å². The van der Waals surface area contributed by atoms with Crippen molar-refractivity contribution in [2.45, 2.75) is 64.6 Å². The second kappa shape index (κ2) is 7.43. The molecule has 130 valence electrons. The van der Waals surface area contributed by atoms with Gasteiger partial charge in [-0.2, -0.15) is 0 Å². The van der Waals surface area contributed by atoms with Crippen molar-refractivity contribution in [1.82, 2.24) is 9.88 Å². The molecule has 1 aliphatic carbocycles. The van der Waals surface area contributed by atoms with Crippen molar-refractivity contribution in [3.05, 3.63) is 53.2 Å². The number of nitrogens with zero attached hydrogens (tertiary/aromatic N) is 2. The maximum absolute atomic E-state index is 14.0. The molecule has 1 fully saturated rings. The zero-order valence-electron chi connectivity index (χ0n) is 14.3. The van der Waals surface area contributed by atoms with E-state index >= 15 is 0 Å². The van der Waals surface area contributed by atoms with E-state index in [0.717, 1.165) is 31.4 Å². The highest BCUT2D eigenvalue weighted by atomic mass is 19.1. The Hall–Kier alpha value is -1.75. The fraction of sp³-hybridized carbons (Fsp3) is 0.526. The fourth-order valence-electron chi connectivity index (χ4n) is 3.31. The summed E-state index contributed by atoms with van der Waals surface area (Å²) in [6.45, 7) is 4.81. The first-order chi connectivity index (χ1) is 11.5. The van der Waals surface area contributed by atoms with Crippen LogP contribution < -0.4 is 0 Å². The molecular formula is C19H24F2N2O. The van der Waals surface area contributed by atoms with Crippen molar-refractivity contribution < 1.29 is 13.2 Å². The summed E-state index contributed by atoms with van der Waals surface area (Å²) in [6.07, 6.45) is 6.16. The highest BCUT2D eigenvalue weighted by Crippen LogP contribution is 2.28. The van der Waals surface area contributed by atoms with Crippen LogP contribution in [0, 0.1) is 11.6 Å². The lowest BCUT2D eigenvalue weighted by atomic mass is 10.1. The van der Waals surface area contributed by atoms with Gasteiger partial charge < -0.3 is 4.42 Å². The number of halogens is 2. The summed E-state index contributed by atoms with van der Waals surface area (Å²) in [7, 11) is 0. The number of benzene rings is 1. The highest BCUT2D eigenvalue weighted by Gasteiger charge is 2.26. The van der Waals surface area contributed by atoms with Gasteiger partial charge in [-0.25, -0.2) is 13.8 Å². The van der Waals surface area contributed by atoms with Crippen LogP contribution in [0.1, 0.15) is 62.7 Å². The predicted octanol–water partition coefficient (Wildman–Crippen LogP) is 5.02. The summed E-state index contributed by atoms with van der Waals surface area (Å²) in [5.74, 6) is 0.743. The molecule has 3 rings (SSSR count). The Balaban J connectivity index is 1.80. The molecule has 1 aliphatic rings. The summed E-state index contributed by atoms with van der Waals surface area (Å²) < 4.78 is 33.9. The van der Waals surface area contributed by atoms with Gasteiger partial charge in [-0.15, -0.1) is 0 Å². The van der Waals surface area contributed by atoms with Crippen LogP contribution in [0.15, 0.2) is 28.8 Å². The largest absolute Gasteiger partial charge is 0.444 e. The van der Waals surface area contributed by atoms with Crippen LogP contribution in [0.2, 0.25) is 0 Å². The Labute approximate surface area is 141 Å². The van der Waals surface area contributed by atoms with E-state index in [1.165, 1.54) is 18.2 Å². The number of hydrogen-bond acceptors (Lipinski definition) is 3. The van der Waals surface area contributed by atoms with Crippen LogP contribution in [0.25, 0.3) is 0 Å². The molecule has 3 nitrogen and oxygen atoms in total. The second-order valence-corrected chi connectivity index (χ2v) is 6.85. The van der Waals surface area contributed by atoms with Crippen LogP contribution in [0.3, 0.4) is 0 Å². The molecule has 0 unspecified atom stereocenters. The standard InChI is InChI=1S/C19H24F2N2O/c1-13(2)18-10-22-19(24-18)12-23(14-6-3-4-7-14)11-15-16(20)8-5-9-17(15)21/h5,8-10,13-14H,3-4,6-7,11-12H2,1-2H3. The third-order valence-corrected chi connectivity index (χ3v) is 4.74. The molecule has 1 aromatic heterocycles. The molecule has 0 saturated heterocycles. The Morgan fingerprint density at radius 1 is 1.17 bits per heavy atom. The van der Waals surface area contributed by atoms with Crippen molar-refractivity contribution >= 4 is 0 Å². The molecule has 0 radical (unpaired) electrons. The van der Waals surface area contributed by atoms with E-state index in [-0.39, 0.29) is 18.0 Å². The molecule has 0 atom stereocenters. The van der Waals surface area contributed by atoms with Gasteiger partial charge in [-0.05, 0) is 25.0 Å². The lowest BCUT2D eigenvalue weighted by molar-refractivity contribution is 0.158. The first-order valence-electron chi connectivity index (χ1n) is 8.66. The minimum Gasteiger partial charge on any atom is -0.444 e. The Kier molecular flexibility index (Phi) is 5.29. The van der Waals surface area contributed by atoms with Crippen LogP contribution in [-0.4, -0.2) is 15.9 Å². The van der Waals surface area contributed by atoms with Crippen molar-refractivity contribution in [2.75, 3.05) is 0 Å². The molecule has 0 spiro atoms. The Bertz CT molecular complexity index is 658.